The number of aromatic nitrogens is 1. The first kappa shape index (κ1) is 29.8. The van der Waals surface area contributed by atoms with E-state index in [-0.39, 0.29) is 58.9 Å². The predicted octanol–water partition coefficient (Wildman–Crippen LogP) is 7.29. The maximum absolute atomic E-state index is 17.1. The standard InChI is InChI=1S/C32H29ClFN3O6/c1-21(39)24-18-36(30(40)43-31(41)42-19-23-12-6-3-7-13-23)26-16-25(33)28(35-20-38)29(27(24)26)37-15-9-8-14-32(37,34)17-22-10-4-2-5-11-22/h2-7,10-13,16,18,20H,8-9,14-15,17,19H2,1H3,(H,35,38). The minimum Gasteiger partial charge on any atom is -0.429 e. The Morgan fingerprint density at radius 3 is 2.37 bits per heavy atom. The number of ether oxygens (including phenoxy) is 2. The number of nitrogens with zero attached hydrogens (tertiary/aromatic N) is 2. The summed E-state index contributed by atoms with van der Waals surface area (Å²) in [5.41, 5.74) is 1.86. The zero-order valence-electron chi connectivity index (χ0n) is 23.3. The Morgan fingerprint density at radius 1 is 1.05 bits per heavy atom. The van der Waals surface area contributed by atoms with E-state index in [9.17, 15) is 19.2 Å². The SMILES string of the molecule is CC(=O)c1cn(C(=O)OC(=O)OCc2ccccc2)c2cc(Cl)c(NC=O)c(N3CCCCC3(F)Cc3ccccc3)c12. The molecule has 0 radical (unpaired) electrons. The maximum atomic E-state index is 17.1. The van der Waals surface area contributed by atoms with Gasteiger partial charge in [0.1, 0.15) is 6.61 Å². The van der Waals surface area contributed by atoms with Gasteiger partial charge in [0.15, 0.2) is 11.6 Å². The Hall–Kier alpha value is -4.70. The molecule has 0 saturated carbocycles. The molecule has 43 heavy (non-hydrogen) atoms. The molecule has 1 aromatic heterocycles. The number of Topliss-reactive ketones (excluding diaryl/α,β-unsaturated/α-hetero) is 1. The van der Waals surface area contributed by atoms with Gasteiger partial charge in [0.2, 0.25) is 6.41 Å². The Balaban J connectivity index is 1.59. The van der Waals surface area contributed by atoms with Crippen LogP contribution in [0, 0.1) is 0 Å². The molecule has 1 saturated heterocycles. The average molecular weight is 606 g/mol. The number of carbonyl (C=O) groups excluding carboxylic acids is 4. The summed E-state index contributed by atoms with van der Waals surface area (Å²) in [6, 6.07) is 19.4. The van der Waals surface area contributed by atoms with Crippen molar-refractivity contribution in [2.75, 3.05) is 16.8 Å². The van der Waals surface area contributed by atoms with E-state index < -0.39 is 23.8 Å². The number of ketones is 1. The number of fused-ring (bicyclic) bond motifs is 1. The molecule has 9 nitrogen and oxygen atoms in total. The molecule has 0 bridgehead atoms. The first-order valence-corrected chi connectivity index (χ1v) is 14.1. The summed E-state index contributed by atoms with van der Waals surface area (Å²) in [5.74, 6) is -2.34. The topological polar surface area (TPSA) is 107 Å². The normalized spacial score (nSPS) is 16.5. The lowest BCUT2D eigenvalue weighted by molar-refractivity contribution is -0.105. The molecule has 1 aliphatic rings. The minimum atomic E-state index is -1.91. The second-order valence-corrected chi connectivity index (χ2v) is 10.7. The van der Waals surface area contributed by atoms with Crippen molar-refractivity contribution in [2.45, 2.75) is 45.0 Å². The van der Waals surface area contributed by atoms with Crippen molar-refractivity contribution in [3.8, 4) is 0 Å². The fraction of sp³-hybridized carbons (Fsp3) is 0.250. The van der Waals surface area contributed by atoms with E-state index >= 15 is 4.39 Å². The van der Waals surface area contributed by atoms with Gasteiger partial charge in [-0.2, -0.15) is 0 Å². The second kappa shape index (κ2) is 12.7. The van der Waals surface area contributed by atoms with Gasteiger partial charge in [0.05, 0.1) is 21.9 Å². The van der Waals surface area contributed by atoms with Crippen LogP contribution in [0.5, 0.6) is 0 Å². The highest BCUT2D eigenvalue weighted by Crippen LogP contribution is 2.48. The van der Waals surface area contributed by atoms with Crippen molar-refractivity contribution >= 4 is 58.3 Å². The molecule has 0 aliphatic carbocycles. The van der Waals surface area contributed by atoms with E-state index in [2.05, 4.69) is 5.32 Å². The Kier molecular flexibility index (Phi) is 8.77. The van der Waals surface area contributed by atoms with E-state index in [0.29, 0.717) is 24.8 Å². The summed E-state index contributed by atoms with van der Waals surface area (Å²) >= 11 is 6.64. The number of benzene rings is 3. The van der Waals surface area contributed by atoms with Crippen LogP contribution in [-0.2, 0) is 27.3 Å². The molecular weight excluding hydrogens is 577 g/mol. The van der Waals surface area contributed by atoms with Crippen LogP contribution in [0.2, 0.25) is 5.02 Å². The maximum Gasteiger partial charge on any atom is 0.517 e. The third-order valence-electron chi connectivity index (χ3n) is 7.43. The summed E-state index contributed by atoms with van der Waals surface area (Å²) in [6.45, 7) is 1.43. The Labute approximate surface area is 252 Å². The van der Waals surface area contributed by atoms with E-state index in [1.54, 1.807) is 24.3 Å². The van der Waals surface area contributed by atoms with E-state index in [0.717, 1.165) is 10.1 Å². The number of piperidine rings is 1. The van der Waals surface area contributed by atoms with Gasteiger partial charge in [-0.25, -0.2) is 14.0 Å². The van der Waals surface area contributed by atoms with E-state index in [4.69, 9.17) is 21.1 Å². The van der Waals surface area contributed by atoms with Crippen molar-refractivity contribution in [3.63, 3.8) is 0 Å². The fourth-order valence-corrected chi connectivity index (χ4v) is 5.75. The van der Waals surface area contributed by atoms with Crippen LogP contribution < -0.4 is 10.2 Å². The predicted molar refractivity (Wildman–Crippen MR) is 160 cm³/mol. The van der Waals surface area contributed by atoms with Crippen LogP contribution >= 0.6 is 11.6 Å². The van der Waals surface area contributed by atoms with Gasteiger partial charge in [0, 0.05) is 36.5 Å². The average Bonchev–Trinajstić information content (AvgIpc) is 3.37. The third-order valence-corrected chi connectivity index (χ3v) is 7.73. The number of anilines is 2. The summed E-state index contributed by atoms with van der Waals surface area (Å²) < 4.78 is 28.1. The zero-order chi connectivity index (χ0) is 30.6. The molecule has 1 aliphatic heterocycles. The van der Waals surface area contributed by atoms with Crippen LogP contribution in [0.3, 0.4) is 0 Å². The summed E-state index contributed by atoms with van der Waals surface area (Å²) in [4.78, 5) is 51.7. The molecular formula is C32H29ClFN3O6. The lowest BCUT2D eigenvalue weighted by Gasteiger charge is -2.44. The highest BCUT2D eigenvalue weighted by atomic mass is 35.5. The third kappa shape index (κ3) is 6.24. The number of hydrogen-bond donors (Lipinski definition) is 1. The summed E-state index contributed by atoms with van der Waals surface area (Å²) in [5, 5.41) is 2.76. The molecule has 1 fully saturated rings. The largest absolute Gasteiger partial charge is 0.517 e. The molecule has 11 heteroatoms. The second-order valence-electron chi connectivity index (χ2n) is 10.3. The van der Waals surface area contributed by atoms with Crippen molar-refractivity contribution < 1.29 is 33.0 Å². The quantitative estimate of drug-likeness (QED) is 0.0739. The smallest absolute Gasteiger partial charge is 0.429 e. The summed E-state index contributed by atoms with van der Waals surface area (Å²) in [6.07, 6.45) is 0.716. The van der Waals surface area contributed by atoms with Crippen molar-refractivity contribution in [1.82, 2.24) is 4.57 Å². The summed E-state index contributed by atoms with van der Waals surface area (Å²) in [7, 11) is 0. The van der Waals surface area contributed by atoms with Crippen molar-refractivity contribution in [1.29, 1.82) is 0 Å². The van der Waals surface area contributed by atoms with E-state index in [1.807, 2.05) is 36.4 Å². The monoisotopic (exact) mass is 605 g/mol. The van der Waals surface area contributed by atoms with Gasteiger partial charge in [-0.1, -0.05) is 72.3 Å². The molecule has 1 atom stereocenters. The number of alkyl halides is 1. The molecule has 0 spiro atoms. The van der Waals surface area contributed by atoms with Crippen LogP contribution in [0.1, 0.15) is 47.7 Å². The van der Waals surface area contributed by atoms with Crippen molar-refractivity contribution in [3.05, 3.63) is 94.6 Å². The van der Waals surface area contributed by atoms with Crippen molar-refractivity contribution in [2.24, 2.45) is 0 Å². The molecule has 1 N–H and O–H groups in total. The minimum absolute atomic E-state index is 0.00357. The van der Waals surface area contributed by atoms with Gasteiger partial charge >= 0.3 is 12.2 Å². The Bertz CT molecular complexity index is 1680. The highest BCUT2D eigenvalue weighted by Gasteiger charge is 2.42. The highest BCUT2D eigenvalue weighted by molar-refractivity contribution is 6.36. The molecule has 1 amide bonds. The number of amides is 1. The van der Waals surface area contributed by atoms with Crippen LogP contribution in [-0.4, -0.2) is 41.3 Å². The number of halogens is 2. The molecule has 3 aromatic carbocycles. The van der Waals surface area contributed by atoms with Crippen LogP contribution in [0.4, 0.5) is 25.4 Å². The molecule has 1 unspecified atom stereocenters. The molecule has 4 aromatic rings. The van der Waals surface area contributed by atoms with Gasteiger partial charge < -0.3 is 19.7 Å². The van der Waals surface area contributed by atoms with Gasteiger partial charge in [0.25, 0.3) is 0 Å². The van der Waals surface area contributed by atoms with Crippen LogP contribution in [0.15, 0.2) is 72.9 Å². The van der Waals surface area contributed by atoms with Gasteiger partial charge in [-0.3, -0.25) is 14.2 Å². The lowest BCUT2D eigenvalue weighted by Crippen LogP contribution is -2.50. The van der Waals surface area contributed by atoms with Crippen LogP contribution in [0.25, 0.3) is 10.9 Å². The first-order valence-electron chi connectivity index (χ1n) is 13.7. The molecule has 5 rings (SSSR count). The Morgan fingerprint density at radius 2 is 1.72 bits per heavy atom. The lowest BCUT2D eigenvalue weighted by atomic mass is 9.91. The molecule has 222 valence electrons. The molecule has 2 heterocycles. The first-order chi connectivity index (χ1) is 20.7. The number of nitrogens with one attached hydrogen (secondary N) is 1. The number of carbonyl (C=O) groups is 4. The fourth-order valence-electron chi connectivity index (χ4n) is 5.50. The number of rotatable bonds is 8. The van der Waals surface area contributed by atoms with Gasteiger partial charge in [-0.15, -0.1) is 0 Å². The van der Waals surface area contributed by atoms with Gasteiger partial charge in [-0.05, 0) is 37.0 Å². The number of hydrogen-bond acceptors (Lipinski definition) is 7. The van der Waals surface area contributed by atoms with E-state index in [1.165, 1.54) is 24.1 Å². The zero-order valence-corrected chi connectivity index (χ0v) is 24.1.